The van der Waals surface area contributed by atoms with Gasteiger partial charge in [0.25, 0.3) is 0 Å². The van der Waals surface area contributed by atoms with Crippen LogP contribution in [0.1, 0.15) is 36.1 Å². The molecule has 0 bridgehead atoms. The fourth-order valence-corrected chi connectivity index (χ4v) is 3.69. The minimum absolute atomic E-state index is 0. The normalized spacial score (nSPS) is 14.6. The van der Waals surface area contributed by atoms with Crippen molar-refractivity contribution >= 4 is 42.4 Å². The van der Waals surface area contributed by atoms with Gasteiger partial charge < -0.3 is 4.90 Å². The number of nitrogens with zero attached hydrogens (tertiary/aromatic N) is 3. The third-order valence-corrected chi connectivity index (χ3v) is 5.18. The van der Waals surface area contributed by atoms with Crippen molar-refractivity contribution in [1.29, 1.82) is 0 Å². The van der Waals surface area contributed by atoms with Crippen molar-refractivity contribution in [1.82, 2.24) is 9.80 Å². The number of amidine groups is 1. The highest BCUT2D eigenvalue weighted by Gasteiger charge is 2.28. The van der Waals surface area contributed by atoms with Crippen molar-refractivity contribution in [2.24, 2.45) is 4.99 Å². The summed E-state index contributed by atoms with van der Waals surface area (Å²) >= 11 is 0. The van der Waals surface area contributed by atoms with E-state index in [2.05, 4.69) is 78.3 Å². The molecule has 27 heavy (non-hydrogen) atoms. The van der Waals surface area contributed by atoms with E-state index in [0.717, 1.165) is 38.6 Å². The minimum Gasteiger partial charge on any atom is -0.324 e. The molecule has 3 nitrogen and oxygen atoms in total. The summed E-state index contributed by atoms with van der Waals surface area (Å²) in [7, 11) is 0. The molecule has 2 heterocycles. The summed E-state index contributed by atoms with van der Waals surface area (Å²) in [5, 5.41) is 0. The van der Waals surface area contributed by atoms with Crippen LogP contribution < -0.4 is 0 Å². The number of fused-ring (bicyclic) bond motifs is 3. The molecule has 2 aliphatic rings. The summed E-state index contributed by atoms with van der Waals surface area (Å²) in [6, 6.07) is 17.6. The van der Waals surface area contributed by atoms with Crippen LogP contribution in [0.4, 0.5) is 0 Å². The summed E-state index contributed by atoms with van der Waals surface area (Å²) < 4.78 is 0. The van der Waals surface area contributed by atoms with E-state index in [-0.39, 0.29) is 24.8 Å². The van der Waals surface area contributed by atoms with E-state index in [0.29, 0.717) is 0 Å². The fourth-order valence-electron chi connectivity index (χ4n) is 3.69. The molecule has 2 aliphatic heterocycles. The molecule has 0 saturated heterocycles. The Balaban J connectivity index is 0.00000131. The second-order valence-electron chi connectivity index (χ2n) is 6.63. The van der Waals surface area contributed by atoms with Crippen molar-refractivity contribution in [3.63, 3.8) is 0 Å². The lowest BCUT2D eigenvalue weighted by atomic mass is 9.97. The third kappa shape index (κ3) is 4.21. The number of hydrogen-bond donors (Lipinski definition) is 0. The first-order valence-corrected chi connectivity index (χ1v) is 9.25. The van der Waals surface area contributed by atoms with Crippen molar-refractivity contribution in [2.75, 3.05) is 26.2 Å². The van der Waals surface area contributed by atoms with Crippen molar-refractivity contribution in [3.8, 4) is 0 Å². The molecular weight excluding hydrogens is 377 g/mol. The smallest absolute Gasteiger partial charge is 0.136 e. The van der Waals surface area contributed by atoms with E-state index in [1.54, 1.807) is 0 Å². The van der Waals surface area contributed by atoms with Gasteiger partial charge in [-0.25, -0.2) is 0 Å². The van der Waals surface area contributed by atoms with Crippen LogP contribution in [-0.4, -0.2) is 41.8 Å². The molecule has 5 heteroatoms. The van der Waals surface area contributed by atoms with Crippen LogP contribution in [0, 0.1) is 0 Å². The molecule has 144 valence electrons. The van der Waals surface area contributed by atoms with Crippen LogP contribution in [0.2, 0.25) is 0 Å². The number of rotatable bonds is 5. The highest BCUT2D eigenvalue weighted by molar-refractivity contribution is 6.12. The largest absolute Gasteiger partial charge is 0.324 e. The molecule has 2 aromatic rings. The Morgan fingerprint density at radius 3 is 2.37 bits per heavy atom. The van der Waals surface area contributed by atoms with Gasteiger partial charge in [0.1, 0.15) is 5.84 Å². The predicted molar refractivity (Wildman–Crippen MR) is 120 cm³/mol. The molecule has 0 aliphatic carbocycles. The topological polar surface area (TPSA) is 18.8 Å². The maximum Gasteiger partial charge on any atom is 0.136 e. The van der Waals surface area contributed by atoms with Crippen LogP contribution in [0.3, 0.4) is 0 Å². The standard InChI is InChI=1S/C22H25N3.2ClH/c1-3-24(4-2)16-17-9-11-18(12-10-17)21-15-19-7-5-6-8-20(19)22-23-13-14-25(21)22;;/h5-12,15H,3-4,13-14,16H2,1-2H3;2*1H. The monoisotopic (exact) mass is 403 g/mol. The van der Waals surface area contributed by atoms with E-state index in [1.807, 2.05) is 0 Å². The molecule has 0 aromatic heterocycles. The lowest BCUT2D eigenvalue weighted by molar-refractivity contribution is 0.296. The molecule has 0 atom stereocenters. The van der Waals surface area contributed by atoms with Crippen molar-refractivity contribution in [2.45, 2.75) is 20.4 Å². The zero-order valence-corrected chi connectivity index (χ0v) is 17.5. The first kappa shape index (κ1) is 21.5. The van der Waals surface area contributed by atoms with Gasteiger partial charge >= 0.3 is 0 Å². The van der Waals surface area contributed by atoms with Gasteiger partial charge in [-0.1, -0.05) is 62.4 Å². The minimum atomic E-state index is 0. The second-order valence-corrected chi connectivity index (χ2v) is 6.63. The average Bonchev–Trinajstić information content (AvgIpc) is 3.16. The average molecular weight is 404 g/mol. The molecule has 4 rings (SSSR count). The van der Waals surface area contributed by atoms with Crippen LogP contribution >= 0.6 is 24.8 Å². The lowest BCUT2D eigenvalue weighted by Crippen LogP contribution is -2.30. The molecule has 0 saturated carbocycles. The number of aliphatic imine (C=N–C) groups is 1. The summed E-state index contributed by atoms with van der Waals surface area (Å²) in [5.41, 5.74) is 6.43. The van der Waals surface area contributed by atoms with E-state index in [9.17, 15) is 0 Å². The second kappa shape index (κ2) is 9.41. The molecule has 0 N–H and O–H groups in total. The van der Waals surface area contributed by atoms with Gasteiger partial charge in [0.15, 0.2) is 0 Å². The van der Waals surface area contributed by atoms with Crippen LogP contribution in [0.5, 0.6) is 0 Å². The van der Waals surface area contributed by atoms with Gasteiger partial charge in [0.2, 0.25) is 0 Å². The summed E-state index contributed by atoms with van der Waals surface area (Å²) in [4.78, 5) is 9.55. The van der Waals surface area contributed by atoms with Gasteiger partial charge in [-0.3, -0.25) is 9.89 Å². The van der Waals surface area contributed by atoms with Crippen molar-refractivity contribution in [3.05, 3.63) is 70.8 Å². The maximum absolute atomic E-state index is 4.75. The number of benzene rings is 2. The molecule has 0 fully saturated rings. The third-order valence-electron chi connectivity index (χ3n) is 5.18. The Morgan fingerprint density at radius 2 is 1.67 bits per heavy atom. The Kier molecular flexibility index (Phi) is 7.49. The molecular formula is C22H27Cl2N3. The maximum atomic E-state index is 4.75. The molecule has 0 amide bonds. The zero-order chi connectivity index (χ0) is 17.2. The Hall–Kier alpha value is -1.81. The summed E-state index contributed by atoms with van der Waals surface area (Å²) in [5.74, 6) is 1.13. The summed E-state index contributed by atoms with van der Waals surface area (Å²) in [6.07, 6.45) is 2.30. The Labute approximate surface area is 174 Å². The van der Waals surface area contributed by atoms with Gasteiger partial charge in [0.05, 0.1) is 12.2 Å². The summed E-state index contributed by atoms with van der Waals surface area (Å²) in [6.45, 7) is 9.48. The lowest BCUT2D eigenvalue weighted by Gasteiger charge is -2.29. The van der Waals surface area contributed by atoms with Gasteiger partial charge in [0, 0.05) is 18.7 Å². The van der Waals surface area contributed by atoms with E-state index in [4.69, 9.17) is 4.99 Å². The number of hydrogen-bond acceptors (Lipinski definition) is 3. The predicted octanol–water partition coefficient (Wildman–Crippen LogP) is 4.95. The quantitative estimate of drug-likeness (QED) is 0.703. The molecule has 0 radical (unpaired) electrons. The van der Waals surface area contributed by atoms with Crippen molar-refractivity contribution < 1.29 is 0 Å². The van der Waals surface area contributed by atoms with Crippen LogP contribution in [0.15, 0.2) is 53.5 Å². The van der Waals surface area contributed by atoms with E-state index < -0.39 is 0 Å². The zero-order valence-electron chi connectivity index (χ0n) is 15.9. The van der Waals surface area contributed by atoms with E-state index >= 15 is 0 Å². The highest BCUT2D eigenvalue weighted by atomic mass is 35.5. The first-order chi connectivity index (χ1) is 12.3. The Morgan fingerprint density at radius 1 is 0.963 bits per heavy atom. The number of halogens is 2. The molecule has 2 aromatic carbocycles. The highest BCUT2D eigenvalue weighted by Crippen LogP contribution is 2.33. The van der Waals surface area contributed by atoms with Gasteiger partial charge in [-0.05, 0) is 35.9 Å². The fraction of sp³-hybridized carbons (Fsp3) is 0.318. The van der Waals surface area contributed by atoms with Gasteiger partial charge in [-0.2, -0.15) is 0 Å². The SMILES string of the molecule is CCN(CC)Cc1ccc(C2=Cc3ccccc3C3=NCCN23)cc1.Cl.Cl. The molecule has 0 spiro atoms. The first-order valence-electron chi connectivity index (χ1n) is 9.25. The van der Waals surface area contributed by atoms with Crippen LogP contribution in [0.25, 0.3) is 11.8 Å². The Bertz CT molecular complexity index is 824. The van der Waals surface area contributed by atoms with E-state index in [1.165, 1.54) is 28.0 Å². The van der Waals surface area contributed by atoms with Crippen LogP contribution in [-0.2, 0) is 6.54 Å². The molecule has 0 unspecified atom stereocenters. The van der Waals surface area contributed by atoms with Gasteiger partial charge in [-0.15, -0.1) is 24.8 Å².